The highest BCUT2D eigenvalue weighted by Gasteiger charge is 2.33. The second kappa shape index (κ2) is 8.38. The zero-order valence-corrected chi connectivity index (χ0v) is 16.8. The fraction of sp³-hybridized carbons (Fsp3) is 0.167. The molecule has 1 unspecified atom stereocenters. The predicted octanol–water partition coefficient (Wildman–Crippen LogP) is 6.75. The molecule has 0 aliphatic rings. The highest BCUT2D eigenvalue weighted by Crippen LogP contribution is 2.39. The van der Waals surface area contributed by atoms with Gasteiger partial charge in [0, 0.05) is 29.3 Å². The number of nitrogens with zero attached hydrogens (tertiary/aromatic N) is 2. The van der Waals surface area contributed by atoms with Gasteiger partial charge in [-0.1, -0.05) is 36.4 Å². The molecule has 4 rings (SSSR count). The Morgan fingerprint density at radius 1 is 0.788 bits per heavy atom. The average Bonchev–Trinajstić information content (AvgIpc) is 2.77. The van der Waals surface area contributed by atoms with Crippen LogP contribution < -0.4 is 0 Å². The minimum atomic E-state index is -4.59. The largest absolute Gasteiger partial charge is 0.505 e. The van der Waals surface area contributed by atoms with E-state index < -0.39 is 29.5 Å². The van der Waals surface area contributed by atoms with Crippen LogP contribution in [-0.2, 0) is 18.8 Å². The molecular formula is C24H16F6N2O. The quantitative estimate of drug-likeness (QED) is 0.342. The van der Waals surface area contributed by atoms with Gasteiger partial charge in [-0.05, 0) is 41.8 Å². The van der Waals surface area contributed by atoms with Crippen LogP contribution in [0.3, 0.4) is 0 Å². The number of rotatable bonds is 4. The lowest BCUT2D eigenvalue weighted by molar-refractivity contribution is -0.141. The number of hydrogen-bond acceptors (Lipinski definition) is 3. The summed E-state index contributed by atoms with van der Waals surface area (Å²) in [7, 11) is 0. The normalized spacial score (nSPS) is 13.3. The van der Waals surface area contributed by atoms with Crippen molar-refractivity contribution in [2.45, 2.75) is 24.7 Å². The molecule has 2 aromatic heterocycles. The van der Waals surface area contributed by atoms with Crippen molar-refractivity contribution in [1.29, 1.82) is 0 Å². The summed E-state index contributed by atoms with van der Waals surface area (Å²) in [5, 5.41) is 11.6. The van der Waals surface area contributed by atoms with E-state index in [4.69, 9.17) is 0 Å². The fourth-order valence-corrected chi connectivity index (χ4v) is 3.69. The van der Waals surface area contributed by atoms with Crippen LogP contribution >= 0.6 is 0 Å². The van der Waals surface area contributed by atoms with E-state index in [1.54, 1.807) is 24.3 Å². The molecule has 4 aromatic rings. The van der Waals surface area contributed by atoms with Crippen LogP contribution in [-0.4, -0.2) is 15.1 Å². The number of pyridine rings is 2. The number of halogens is 6. The van der Waals surface area contributed by atoms with Gasteiger partial charge >= 0.3 is 12.4 Å². The Morgan fingerprint density at radius 2 is 1.52 bits per heavy atom. The maximum atomic E-state index is 13.0. The molecule has 0 aliphatic carbocycles. The van der Waals surface area contributed by atoms with Crippen LogP contribution in [0.5, 0.6) is 5.75 Å². The Kier molecular flexibility index (Phi) is 5.73. The molecule has 0 spiro atoms. The first-order chi connectivity index (χ1) is 15.5. The first kappa shape index (κ1) is 22.6. The second-order valence-corrected chi connectivity index (χ2v) is 7.50. The van der Waals surface area contributed by atoms with Gasteiger partial charge in [0.1, 0.15) is 17.0 Å². The van der Waals surface area contributed by atoms with Gasteiger partial charge < -0.3 is 5.11 Å². The van der Waals surface area contributed by atoms with Crippen LogP contribution in [0, 0.1) is 0 Å². The van der Waals surface area contributed by atoms with Crippen molar-refractivity contribution in [3.63, 3.8) is 0 Å². The summed E-state index contributed by atoms with van der Waals surface area (Å²) < 4.78 is 77.6. The average molecular weight is 462 g/mol. The number of aromatic hydroxyl groups is 1. The van der Waals surface area contributed by atoms with Crippen molar-refractivity contribution in [3.8, 4) is 5.75 Å². The number of fused-ring (bicyclic) bond motifs is 1. The maximum absolute atomic E-state index is 13.0. The van der Waals surface area contributed by atoms with Crippen molar-refractivity contribution in [2.24, 2.45) is 0 Å². The van der Waals surface area contributed by atoms with E-state index in [9.17, 15) is 31.4 Å². The number of hydrogen-bond donors (Lipinski definition) is 1. The summed E-state index contributed by atoms with van der Waals surface area (Å²) in [6.07, 6.45) is -6.43. The molecule has 0 saturated heterocycles. The third kappa shape index (κ3) is 4.76. The topological polar surface area (TPSA) is 46.0 Å². The van der Waals surface area contributed by atoms with Gasteiger partial charge in [0.15, 0.2) is 0 Å². The Hall–Kier alpha value is -3.62. The van der Waals surface area contributed by atoms with Crippen LogP contribution in [0.2, 0.25) is 0 Å². The summed E-state index contributed by atoms with van der Waals surface area (Å²) in [5.41, 5.74) is -0.291. The van der Waals surface area contributed by atoms with E-state index in [0.717, 1.165) is 24.4 Å². The first-order valence-electron chi connectivity index (χ1n) is 9.80. The molecule has 1 N–H and O–H groups in total. The van der Waals surface area contributed by atoms with E-state index in [1.165, 1.54) is 24.4 Å². The summed E-state index contributed by atoms with van der Waals surface area (Å²) >= 11 is 0. The molecule has 3 nitrogen and oxygen atoms in total. The first-order valence-corrected chi connectivity index (χ1v) is 9.80. The summed E-state index contributed by atoms with van der Waals surface area (Å²) in [6, 6.07) is 13.4. The zero-order chi connectivity index (χ0) is 23.8. The van der Waals surface area contributed by atoms with Gasteiger partial charge in [0.2, 0.25) is 0 Å². The number of aromatic nitrogens is 2. The Bertz CT molecular complexity index is 1270. The molecule has 1 atom stereocenters. The van der Waals surface area contributed by atoms with E-state index in [-0.39, 0.29) is 12.2 Å². The molecule has 0 saturated carbocycles. The van der Waals surface area contributed by atoms with E-state index >= 15 is 0 Å². The van der Waals surface area contributed by atoms with Gasteiger partial charge in [-0.25, -0.2) is 0 Å². The number of alkyl halides is 6. The van der Waals surface area contributed by atoms with Gasteiger partial charge in [-0.2, -0.15) is 26.3 Å². The minimum Gasteiger partial charge on any atom is -0.505 e. The molecule has 0 bridgehead atoms. The highest BCUT2D eigenvalue weighted by atomic mass is 19.4. The van der Waals surface area contributed by atoms with Crippen LogP contribution in [0.15, 0.2) is 73.1 Å². The summed E-state index contributed by atoms with van der Waals surface area (Å²) in [4.78, 5) is 7.63. The molecule has 33 heavy (non-hydrogen) atoms. The SMILES string of the molecule is Oc1c(C(Cc2ccc(C(F)(F)F)nc2)c2ccc(C(F)(F)F)cc2)ccc2cccnc12. The zero-order valence-electron chi connectivity index (χ0n) is 16.8. The molecule has 2 heterocycles. The third-order valence-electron chi connectivity index (χ3n) is 5.35. The number of benzene rings is 2. The lowest BCUT2D eigenvalue weighted by atomic mass is 9.85. The standard InChI is InChI=1S/C24H16F6N2O/c25-23(26,27)17-7-4-15(5-8-17)19(12-14-3-10-20(32-13-14)24(28,29)30)18-9-6-16-2-1-11-31-21(16)22(18)33/h1-11,13,19,33H,12H2. The predicted molar refractivity (Wildman–Crippen MR) is 110 cm³/mol. The maximum Gasteiger partial charge on any atom is 0.433 e. The Morgan fingerprint density at radius 3 is 2.12 bits per heavy atom. The summed E-state index contributed by atoms with van der Waals surface area (Å²) in [6.45, 7) is 0. The molecule has 0 radical (unpaired) electrons. The van der Waals surface area contributed by atoms with Crippen molar-refractivity contribution < 1.29 is 31.4 Å². The molecule has 9 heteroatoms. The lowest BCUT2D eigenvalue weighted by Crippen LogP contribution is -2.10. The van der Waals surface area contributed by atoms with Crippen molar-refractivity contribution >= 4 is 10.9 Å². The van der Waals surface area contributed by atoms with E-state index in [0.29, 0.717) is 27.6 Å². The van der Waals surface area contributed by atoms with Crippen molar-refractivity contribution in [1.82, 2.24) is 9.97 Å². The van der Waals surface area contributed by atoms with Crippen LogP contribution in [0.25, 0.3) is 10.9 Å². The third-order valence-corrected chi connectivity index (χ3v) is 5.35. The highest BCUT2D eigenvalue weighted by molar-refractivity contribution is 5.85. The van der Waals surface area contributed by atoms with E-state index in [1.807, 2.05) is 0 Å². The smallest absolute Gasteiger partial charge is 0.433 e. The van der Waals surface area contributed by atoms with Crippen LogP contribution in [0.1, 0.15) is 33.9 Å². The van der Waals surface area contributed by atoms with E-state index in [2.05, 4.69) is 9.97 Å². The minimum absolute atomic E-state index is 0.0996. The van der Waals surface area contributed by atoms with Gasteiger partial charge in [0.05, 0.1) is 5.56 Å². The number of phenols is 1. The Labute approximate surface area is 184 Å². The summed E-state index contributed by atoms with van der Waals surface area (Å²) in [5.74, 6) is -0.796. The monoisotopic (exact) mass is 462 g/mol. The van der Waals surface area contributed by atoms with Gasteiger partial charge in [0.25, 0.3) is 0 Å². The van der Waals surface area contributed by atoms with Crippen LogP contribution in [0.4, 0.5) is 26.3 Å². The molecule has 0 amide bonds. The number of phenolic OH excluding ortho intramolecular Hbond substituents is 1. The molecule has 0 aliphatic heterocycles. The van der Waals surface area contributed by atoms with Gasteiger partial charge in [-0.15, -0.1) is 0 Å². The van der Waals surface area contributed by atoms with Crippen molar-refractivity contribution in [3.05, 3.63) is 101 Å². The second-order valence-electron chi connectivity index (χ2n) is 7.50. The molecule has 170 valence electrons. The van der Waals surface area contributed by atoms with Crippen molar-refractivity contribution in [2.75, 3.05) is 0 Å². The van der Waals surface area contributed by atoms with Gasteiger partial charge in [-0.3, -0.25) is 9.97 Å². The fourth-order valence-electron chi connectivity index (χ4n) is 3.69. The molecule has 0 fully saturated rings. The Balaban J connectivity index is 1.78. The molecular weight excluding hydrogens is 446 g/mol. The molecule has 2 aromatic carbocycles. The lowest BCUT2D eigenvalue weighted by Gasteiger charge is -2.21.